The van der Waals surface area contributed by atoms with Gasteiger partial charge in [0.2, 0.25) is 5.95 Å². The van der Waals surface area contributed by atoms with Crippen LogP contribution in [0.1, 0.15) is 32.6 Å². The number of benzene rings is 1. The Balaban J connectivity index is 0.00000506. The molecule has 238 valence electrons. The van der Waals surface area contributed by atoms with E-state index in [1.54, 1.807) is 13.8 Å². The highest BCUT2D eigenvalue weighted by Gasteiger charge is 2.54. The molecule has 15 nitrogen and oxygen atoms in total. The molecule has 2 unspecified atom stereocenters. The molecule has 5 atom stereocenters. The molecular formula is C25H37N6O9PS2. The van der Waals surface area contributed by atoms with Crippen molar-refractivity contribution in [2.75, 3.05) is 31.3 Å². The molecule has 1 aliphatic heterocycles. The summed E-state index contributed by atoms with van der Waals surface area (Å²) in [6.45, 7) is 3.78. The zero-order valence-electron chi connectivity index (χ0n) is 23.8. The fraction of sp³-hybridized carbons (Fsp3) is 0.520. The summed E-state index contributed by atoms with van der Waals surface area (Å²) in [5.41, 5.74) is 3.04. The number of carbonyl (C=O) groups excluding carboxylic acids is 1. The van der Waals surface area contributed by atoms with Crippen molar-refractivity contribution in [1.29, 1.82) is 0 Å². The van der Waals surface area contributed by atoms with E-state index in [2.05, 4.69) is 20.0 Å². The third-order valence-corrected chi connectivity index (χ3v) is 9.45. The summed E-state index contributed by atoms with van der Waals surface area (Å²) in [4.78, 5) is 34.9. The topological polar surface area (TPSA) is 224 Å². The number of hydrogen-bond acceptors (Lipinski definition) is 13. The highest BCUT2D eigenvalue weighted by atomic mass is 32.2. The highest BCUT2D eigenvalue weighted by Crippen LogP contribution is 2.46. The average Bonchev–Trinajstić information content (AvgIpc) is 3.47. The van der Waals surface area contributed by atoms with Crippen LogP contribution in [0.25, 0.3) is 11.2 Å². The smallest absolute Gasteiger partial charge is 0.395 e. The van der Waals surface area contributed by atoms with Crippen molar-refractivity contribution in [3.63, 3.8) is 0 Å². The van der Waals surface area contributed by atoms with Gasteiger partial charge in [0, 0.05) is 12.3 Å². The molecule has 0 saturated carbocycles. The zero-order valence-corrected chi connectivity index (χ0v) is 26.5. The number of aliphatic hydroxyl groups is 3. The van der Waals surface area contributed by atoms with Gasteiger partial charge in [-0.2, -0.15) is 18.5 Å². The Morgan fingerprint density at radius 2 is 2.02 bits per heavy atom. The van der Waals surface area contributed by atoms with Crippen molar-refractivity contribution in [2.45, 2.75) is 51.4 Å². The molecule has 0 radical (unpaired) electrons. The second kappa shape index (κ2) is 14.2. The van der Waals surface area contributed by atoms with Crippen molar-refractivity contribution in [2.24, 2.45) is 5.41 Å². The Hall–Kier alpha value is -2.31. The molecule has 3 aromatic rings. The third kappa shape index (κ3) is 8.05. The number of thioether (sulfide) groups is 1. The first-order valence-corrected chi connectivity index (χ1v) is 15.5. The lowest BCUT2D eigenvalue weighted by atomic mass is 9.96. The van der Waals surface area contributed by atoms with Gasteiger partial charge in [0.25, 0.3) is 5.56 Å². The number of anilines is 1. The monoisotopic (exact) mass is 660 g/mol. The minimum absolute atomic E-state index is 0. The standard InChI is InChI=1S/C25H35N6O9PS.H2S/c1-24(2,13-32)22(35)42-10-9-38-41(37,28-11-15-7-5-4-6-8-15)39-12-16-18(33)25(3,36)21(40-16)31-14-27-17-19(31)29-23(26)30-20(17)34;/h4-8,14,16,18,21,32-33,36H,9-13H2,1-3H3,(H,28,37)(H3,26,29,30,34);1H2/t16-,18-,21?,25-,41?;/m1./s1. The molecule has 0 spiro atoms. The number of fused-ring (bicyclic) bond motifs is 1. The van der Waals surface area contributed by atoms with E-state index in [0.717, 1.165) is 17.3 Å². The molecule has 1 aromatic carbocycles. The normalized spacial score (nSPS) is 23.6. The first kappa shape index (κ1) is 35.2. The Kier molecular flexibility index (Phi) is 11.6. The average molecular weight is 661 g/mol. The number of aromatic amines is 1. The van der Waals surface area contributed by atoms with Gasteiger partial charge < -0.3 is 25.8 Å². The molecule has 2 aromatic heterocycles. The number of nitrogens with one attached hydrogen (secondary N) is 2. The van der Waals surface area contributed by atoms with Gasteiger partial charge in [0.1, 0.15) is 17.8 Å². The van der Waals surface area contributed by atoms with E-state index in [9.17, 15) is 29.5 Å². The second-order valence-electron chi connectivity index (χ2n) is 10.6. The number of hydrogen-bond donors (Lipinski definition) is 6. The van der Waals surface area contributed by atoms with Crippen LogP contribution >= 0.6 is 33.0 Å². The number of aromatic nitrogens is 4. The number of rotatable bonds is 13. The predicted molar refractivity (Wildman–Crippen MR) is 165 cm³/mol. The summed E-state index contributed by atoms with van der Waals surface area (Å²) < 4.78 is 32.1. The fourth-order valence-corrected chi connectivity index (χ4v) is 6.37. The van der Waals surface area contributed by atoms with E-state index >= 15 is 0 Å². The maximum absolute atomic E-state index is 13.7. The van der Waals surface area contributed by atoms with E-state index in [1.165, 1.54) is 17.8 Å². The van der Waals surface area contributed by atoms with Crippen molar-refractivity contribution in [3.05, 3.63) is 52.6 Å². The molecule has 1 fully saturated rings. The number of nitrogen functional groups attached to an aromatic ring is 1. The van der Waals surface area contributed by atoms with Crippen LogP contribution in [-0.4, -0.2) is 83.3 Å². The fourth-order valence-electron chi connectivity index (χ4n) is 4.13. The molecule has 0 bridgehead atoms. The minimum atomic E-state index is -4.04. The zero-order chi connectivity index (χ0) is 30.7. The van der Waals surface area contributed by atoms with Gasteiger partial charge in [-0.15, -0.1) is 0 Å². The lowest BCUT2D eigenvalue weighted by molar-refractivity contribution is -0.119. The second-order valence-corrected chi connectivity index (χ2v) is 13.5. The summed E-state index contributed by atoms with van der Waals surface area (Å²) in [7, 11) is -4.04. The quantitative estimate of drug-likeness (QED) is 0.111. The van der Waals surface area contributed by atoms with Crippen LogP contribution in [0.5, 0.6) is 0 Å². The van der Waals surface area contributed by atoms with Crippen LogP contribution in [-0.2, 0) is 29.7 Å². The van der Waals surface area contributed by atoms with Gasteiger partial charge in [-0.3, -0.25) is 28.2 Å². The van der Waals surface area contributed by atoms with Gasteiger partial charge in [0.05, 0.1) is 31.6 Å². The maximum atomic E-state index is 13.7. The van der Waals surface area contributed by atoms with Gasteiger partial charge in [-0.25, -0.2) is 14.6 Å². The molecule has 0 aliphatic carbocycles. The molecule has 3 heterocycles. The number of H-pyrrole nitrogens is 1. The molecule has 1 saturated heterocycles. The van der Waals surface area contributed by atoms with Crippen LogP contribution in [0.2, 0.25) is 0 Å². The number of nitrogens with zero attached hydrogens (tertiary/aromatic N) is 3. The van der Waals surface area contributed by atoms with Gasteiger partial charge in [-0.05, 0) is 26.3 Å². The van der Waals surface area contributed by atoms with E-state index in [1.807, 2.05) is 30.3 Å². The number of aliphatic hydroxyl groups excluding tert-OH is 2. The molecule has 43 heavy (non-hydrogen) atoms. The Bertz CT molecular complexity index is 1500. The van der Waals surface area contributed by atoms with Crippen molar-refractivity contribution in [3.8, 4) is 0 Å². The van der Waals surface area contributed by atoms with Crippen molar-refractivity contribution >= 4 is 55.2 Å². The van der Waals surface area contributed by atoms with Crippen molar-refractivity contribution < 1.29 is 38.5 Å². The molecule has 4 rings (SSSR count). The maximum Gasteiger partial charge on any atom is 0.405 e. The summed E-state index contributed by atoms with van der Waals surface area (Å²) in [5.74, 6) is -0.0278. The lowest BCUT2D eigenvalue weighted by Crippen LogP contribution is -2.44. The number of imidazole rings is 1. The first-order chi connectivity index (χ1) is 19.8. The number of nitrogens with two attached hydrogens (primary N) is 1. The summed E-state index contributed by atoms with van der Waals surface area (Å²) in [6.07, 6.45) is -2.72. The largest absolute Gasteiger partial charge is 0.405 e. The van der Waals surface area contributed by atoms with Crippen LogP contribution in [0.4, 0.5) is 5.95 Å². The summed E-state index contributed by atoms with van der Waals surface area (Å²) >= 11 is 0.934. The predicted octanol–water partition coefficient (Wildman–Crippen LogP) is 1.03. The SMILES string of the molecule is CC(C)(CO)C(=O)SCCOP(=O)(NCc1ccccc1)OC[C@H]1OC(n2cnc3c(=O)[nH]c(N)nc32)[C@](C)(O)[C@@H]1O.S. The Morgan fingerprint density at radius 1 is 1.33 bits per heavy atom. The first-order valence-electron chi connectivity index (χ1n) is 13.0. The van der Waals surface area contributed by atoms with E-state index in [-0.39, 0.29) is 61.2 Å². The molecule has 7 N–H and O–H groups in total. The minimum Gasteiger partial charge on any atom is -0.395 e. The van der Waals surface area contributed by atoms with E-state index in [4.69, 9.17) is 19.5 Å². The van der Waals surface area contributed by atoms with E-state index in [0.29, 0.717) is 0 Å². The van der Waals surface area contributed by atoms with Gasteiger partial charge >= 0.3 is 7.75 Å². The Morgan fingerprint density at radius 3 is 2.70 bits per heavy atom. The number of ether oxygens (including phenoxy) is 1. The molecule has 18 heteroatoms. The van der Waals surface area contributed by atoms with Gasteiger partial charge in [-0.1, -0.05) is 42.1 Å². The highest BCUT2D eigenvalue weighted by molar-refractivity contribution is 8.13. The van der Waals surface area contributed by atoms with Crippen LogP contribution in [0.15, 0.2) is 41.5 Å². The molecular weight excluding hydrogens is 623 g/mol. The van der Waals surface area contributed by atoms with Crippen molar-refractivity contribution in [1.82, 2.24) is 24.6 Å². The van der Waals surface area contributed by atoms with Crippen LogP contribution in [0.3, 0.4) is 0 Å². The lowest BCUT2D eigenvalue weighted by Gasteiger charge is -2.27. The van der Waals surface area contributed by atoms with Gasteiger partial charge in [0.15, 0.2) is 22.5 Å². The van der Waals surface area contributed by atoms with E-state index < -0.39 is 49.4 Å². The third-order valence-electron chi connectivity index (χ3n) is 6.71. The van der Waals surface area contributed by atoms with Crippen LogP contribution in [0, 0.1) is 5.41 Å². The molecule has 0 amide bonds. The molecule has 1 aliphatic rings. The van der Waals surface area contributed by atoms with Crippen LogP contribution < -0.4 is 16.4 Å². The summed E-state index contributed by atoms with van der Waals surface area (Å²) in [6, 6.07) is 9.10. The summed E-state index contributed by atoms with van der Waals surface area (Å²) in [5, 5.41) is 34.0. The number of carbonyl (C=O) groups is 1. The Labute approximate surface area is 258 Å².